The molecule has 2 aliphatic rings. The molecule has 1 aliphatic heterocycles. The van der Waals surface area contributed by atoms with E-state index in [1.165, 1.54) is 32.1 Å². The van der Waals surface area contributed by atoms with E-state index in [0.717, 1.165) is 32.4 Å². The molecule has 0 aromatic heterocycles. The zero-order chi connectivity index (χ0) is 20.6. The number of rotatable bonds is 7. The number of amides is 2. The van der Waals surface area contributed by atoms with Crippen LogP contribution in [0.15, 0.2) is 24.3 Å². The predicted octanol–water partition coefficient (Wildman–Crippen LogP) is 4.41. The maximum absolute atomic E-state index is 12.6. The minimum absolute atomic E-state index is 0.0889. The van der Waals surface area contributed by atoms with Crippen molar-refractivity contribution < 1.29 is 14.3 Å². The second-order valence-electron chi connectivity index (χ2n) is 8.97. The van der Waals surface area contributed by atoms with Crippen molar-refractivity contribution in [2.75, 3.05) is 19.7 Å². The summed E-state index contributed by atoms with van der Waals surface area (Å²) in [4.78, 5) is 27.0. The zero-order valence-corrected chi connectivity index (χ0v) is 18.0. The molecule has 160 valence electrons. The molecule has 1 aromatic rings. The number of nitrogens with zero attached hydrogens (tertiary/aromatic N) is 1. The Morgan fingerprint density at radius 3 is 2.41 bits per heavy atom. The van der Waals surface area contributed by atoms with E-state index in [1.54, 1.807) is 6.07 Å². The Morgan fingerprint density at radius 2 is 1.72 bits per heavy atom. The minimum atomic E-state index is -0.0984. The molecular formula is C24H36N2O3. The van der Waals surface area contributed by atoms with Gasteiger partial charge in [-0.1, -0.05) is 31.4 Å². The van der Waals surface area contributed by atoms with Crippen LogP contribution >= 0.6 is 0 Å². The summed E-state index contributed by atoms with van der Waals surface area (Å²) in [6.07, 6.45) is 9.02. The van der Waals surface area contributed by atoms with Crippen LogP contribution in [0.4, 0.5) is 0 Å². The number of piperidine rings is 1. The first-order valence-electron chi connectivity index (χ1n) is 11.3. The van der Waals surface area contributed by atoms with Gasteiger partial charge in [0.1, 0.15) is 5.75 Å². The van der Waals surface area contributed by atoms with Crippen molar-refractivity contribution in [1.29, 1.82) is 0 Å². The summed E-state index contributed by atoms with van der Waals surface area (Å²) in [6, 6.07) is 7.51. The van der Waals surface area contributed by atoms with E-state index >= 15 is 0 Å². The molecule has 0 atom stereocenters. The monoisotopic (exact) mass is 400 g/mol. The third-order valence-electron chi connectivity index (χ3n) is 6.18. The van der Waals surface area contributed by atoms with Crippen molar-refractivity contribution in [2.24, 2.45) is 11.8 Å². The van der Waals surface area contributed by atoms with E-state index in [1.807, 2.05) is 32.0 Å². The lowest BCUT2D eigenvalue weighted by molar-refractivity contribution is -0.134. The Balaban J connectivity index is 1.44. The standard InChI is InChI=1S/C24H36N2O3/c1-18(2)25-24(28)21-10-6-7-11-22(21)29-17-20-12-14-26(15-13-20)23(27)16-19-8-4-3-5-9-19/h6-7,10-11,18-20H,3-5,8-9,12-17H2,1-2H3,(H,25,28). The first-order chi connectivity index (χ1) is 14.0. The molecule has 5 nitrogen and oxygen atoms in total. The summed E-state index contributed by atoms with van der Waals surface area (Å²) in [5.41, 5.74) is 0.585. The third-order valence-corrected chi connectivity index (χ3v) is 6.18. The second kappa shape index (κ2) is 10.7. The van der Waals surface area contributed by atoms with Crippen molar-refractivity contribution in [2.45, 2.75) is 71.3 Å². The van der Waals surface area contributed by atoms with E-state index in [4.69, 9.17) is 4.74 Å². The van der Waals surface area contributed by atoms with Gasteiger partial charge in [-0.15, -0.1) is 0 Å². The van der Waals surface area contributed by atoms with Gasteiger partial charge in [-0.25, -0.2) is 0 Å². The van der Waals surface area contributed by atoms with E-state index in [0.29, 0.717) is 35.7 Å². The molecule has 1 saturated carbocycles. The Bertz CT molecular complexity index is 674. The minimum Gasteiger partial charge on any atom is -0.492 e. The molecule has 0 bridgehead atoms. The summed E-state index contributed by atoms with van der Waals surface area (Å²) in [5, 5.41) is 2.93. The molecule has 1 aliphatic carbocycles. The van der Waals surface area contributed by atoms with E-state index in [-0.39, 0.29) is 11.9 Å². The number of carbonyl (C=O) groups excluding carboxylic acids is 2. The first-order valence-corrected chi connectivity index (χ1v) is 11.3. The van der Waals surface area contributed by atoms with Crippen molar-refractivity contribution in [1.82, 2.24) is 10.2 Å². The van der Waals surface area contributed by atoms with Crippen molar-refractivity contribution in [3.05, 3.63) is 29.8 Å². The number of para-hydroxylation sites is 1. The van der Waals surface area contributed by atoms with Crippen molar-refractivity contribution >= 4 is 11.8 Å². The molecule has 2 amide bonds. The lowest BCUT2D eigenvalue weighted by Crippen LogP contribution is -2.40. The molecule has 5 heteroatoms. The Labute approximate surface area is 175 Å². The van der Waals surface area contributed by atoms with Crippen LogP contribution in [-0.4, -0.2) is 42.5 Å². The molecule has 1 N–H and O–H groups in total. The number of nitrogens with one attached hydrogen (secondary N) is 1. The quantitative estimate of drug-likeness (QED) is 0.737. The lowest BCUT2D eigenvalue weighted by Gasteiger charge is -2.33. The third kappa shape index (κ3) is 6.48. The van der Waals surface area contributed by atoms with Crippen LogP contribution in [0.2, 0.25) is 0 Å². The first kappa shape index (κ1) is 21.7. The fraction of sp³-hybridized carbons (Fsp3) is 0.667. The highest BCUT2D eigenvalue weighted by Crippen LogP contribution is 2.28. The zero-order valence-electron chi connectivity index (χ0n) is 18.0. The van der Waals surface area contributed by atoms with E-state index in [9.17, 15) is 9.59 Å². The van der Waals surface area contributed by atoms with Gasteiger partial charge in [0.05, 0.1) is 12.2 Å². The van der Waals surface area contributed by atoms with Gasteiger partial charge >= 0.3 is 0 Å². The summed E-state index contributed by atoms with van der Waals surface area (Å²) >= 11 is 0. The van der Waals surface area contributed by atoms with Gasteiger partial charge in [-0.3, -0.25) is 9.59 Å². The van der Waals surface area contributed by atoms with Crippen LogP contribution in [0.1, 0.15) is 75.6 Å². The highest BCUT2D eigenvalue weighted by atomic mass is 16.5. The van der Waals surface area contributed by atoms with Crippen LogP contribution in [0.3, 0.4) is 0 Å². The van der Waals surface area contributed by atoms with Gasteiger partial charge in [-0.05, 0) is 63.5 Å². The van der Waals surface area contributed by atoms with E-state index < -0.39 is 0 Å². The normalized spacial score (nSPS) is 18.7. The Kier molecular flexibility index (Phi) is 7.96. The topological polar surface area (TPSA) is 58.6 Å². The maximum atomic E-state index is 12.6. The van der Waals surface area contributed by atoms with Crippen LogP contribution in [0.5, 0.6) is 5.75 Å². The summed E-state index contributed by atoms with van der Waals surface area (Å²) in [5.74, 6) is 1.91. The molecule has 1 saturated heterocycles. The van der Waals surface area contributed by atoms with Gasteiger partial charge < -0.3 is 15.0 Å². The van der Waals surface area contributed by atoms with E-state index in [2.05, 4.69) is 10.2 Å². The molecule has 0 spiro atoms. The molecule has 0 radical (unpaired) electrons. The number of hydrogen-bond donors (Lipinski definition) is 1. The molecule has 3 rings (SSSR count). The molecule has 0 unspecified atom stereocenters. The van der Waals surface area contributed by atoms with Crippen LogP contribution in [0, 0.1) is 11.8 Å². The largest absolute Gasteiger partial charge is 0.492 e. The predicted molar refractivity (Wildman–Crippen MR) is 115 cm³/mol. The fourth-order valence-electron chi connectivity index (χ4n) is 4.44. The summed E-state index contributed by atoms with van der Waals surface area (Å²) in [7, 11) is 0. The fourth-order valence-corrected chi connectivity index (χ4v) is 4.44. The summed E-state index contributed by atoms with van der Waals surface area (Å²) < 4.78 is 6.03. The van der Waals surface area contributed by atoms with Gasteiger partial charge in [0.15, 0.2) is 0 Å². The van der Waals surface area contributed by atoms with Crippen LogP contribution in [0.25, 0.3) is 0 Å². The Morgan fingerprint density at radius 1 is 1.03 bits per heavy atom. The lowest BCUT2D eigenvalue weighted by atomic mass is 9.86. The van der Waals surface area contributed by atoms with Gasteiger partial charge in [0.2, 0.25) is 5.91 Å². The second-order valence-corrected chi connectivity index (χ2v) is 8.97. The Hall–Kier alpha value is -2.04. The number of ether oxygens (including phenoxy) is 1. The number of hydrogen-bond acceptors (Lipinski definition) is 3. The average Bonchev–Trinajstić information content (AvgIpc) is 2.73. The number of carbonyl (C=O) groups is 2. The smallest absolute Gasteiger partial charge is 0.255 e. The molecule has 1 heterocycles. The van der Waals surface area contributed by atoms with Gasteiger partial charge in [0.25, 0.3) is 5.91 Å². The van der Waals surface area contributed by atoms with Crippen molar-refractivity contribution in [3.8, 4) is 5.75 Å². The summed E-state index contributed by atoms with van der Waals surface area (Å²) in [6.45, 7) is 6.15. The maximum Gasteiger partial charge on any atom is 0.255 e. The highest BCUT2D eigenvalue weighted by molar-refractivity contribution is 5.97. The SMILES string of the molecule is CC(C)NC(=O)c1ccccc1OCC1CCN(C(=O)CC2CCCCC2)CC1. The van der Waals surface area contributed by atoms with Crippen LogP contribution < -0.4 is 10.1 Å². The molecular weight excluding hydrogens is 364 g/mol. The highest BCUT2D eigenvalue weighted by Gasteiger charge is 2.26. The van der Waals surface area contributed by atoms with Gasteiger partial charge in [0, 0.05) is 25.6 Å². The molecule has 2 fully saturated rings. The average molecular weight is 401 g/mol. The molecule has 29 heavy (non-hydrogen) atoms. The van der Waals surface area contributed by atoms with Crippen LogP contribution in [-0.2, 0) is 4.79 Å². The molecule has 1 aromatic carbocycles. The number of likely N-dealkylation sites (tertiary alicyclic amines) is 1. The van der Waals surface area contributed by atoms with Gasteiger partial charge in [-0.2, -0.15) is 0 Å². The van der Waals surface area contributed by atoms with Crippen molar-refractivity contribution in [3.63, 3.8) is 0 Å². The number of benzene rings is 1.